The first-order valence-electron chi connectivity index (χ1n) is 3.25. The van der Waals surface area contributed by atoms with E-state index in [1.165, 1.54) is 0 Å². The zero-order valence-electron chi connectivity index (χ0n) is 6.17. The second-order valence-electron chi connectivity index (χ2n) is 2.22. The summed E-state index contributed by atoms with van der Waals surface area (Å²) in [6.07, 6.45) is 2.44. The number of carbonyl (C=O) groups excluding carboxylic acids is 1. The lowest BCUT2D eigenvalue weighted by Crippen LogP contribution is -1.95. The van der Waals surface area contributed by atoms with E-state index in [0.29, 0.717) is 11.4 Å². The van der Waals surface area contributed by atoms with E-state index in [2.05, 4.69) is 4.98 Å². The van der Waals surface area contributed by atoms with Gasteiger partial charge < -0.3 is 0 Å². The van der Waals surface area contributed by atoms with E-state index in [0.717, 1.165) is 17.5 Å². The number of pyridine rings is 1. The Kier molecular flexibility index (Phi) is 2.60. The van der Waals surface area contributed by atoms with Crippen molar-refractivity contribution in [3.63, 3.8) is 0 Å². The molecule has 0 aliphatic heterocycles. The molecular formula is C8H8ClNO. The van der Waals surface area contributed by atoms with E-state index in [1.54, 1.807) is 19.2 Å². The van der Waals surface area contributed by atoms with Gasteiger partial charge in [0.2, 0.25) is 0 Å². The molecule has 0 saturated heterocycles. The smallest absolute Gasteiger partial charge is 0.152 e. The molecule has 0 aliphatic rings. The van der Waals surface area contributed by atoms with Gasteiger partial charge in [0.05, 0.1) is 0 Å². The quantitative estimate of drug-likeness (QED) is 0.500. The Morgan fingerprint density at radius 2 is 2.45 bits per heavy atom. The van der Waals surface area contributed by atoms with Crippen LogP contribution >= 0.6 is 11.6 Å². The van der Waals surface area contributed by atoms with Crippen molar-refractivity contribution in [2.75, 3.05) is 0 Å². The highest BCUT2D eigenvalue weighted by Crippen LogP contribution is 2.11. The fourth-order valence-corrected chi connectivity index (χ4v) is 1.14. The van der Waals surface area contributed by atoms with Crippen LogP contribution < -0.4 is 0 Å². The lowest BCUT2D eigenvalue weighted by molar-refractivity contribution is 0.112. The molecule has 0 unspecified atom stereocenters. The number of aromatic nitrogens is 1. The van der Waals surface area contributed by atoms with Crippen molar-refractivity contribution in [3.8, 4) is 0 Å². The fraction of sp³-hybridized carbons (Fsp3) is 0.250. The molecule has 1 aromatic rings. The largest absolute Gasteiger partial charge is 0.298 e. The molecule has 3 heteroatoms. The Hall–Kier alpha value is -0.890. The minimum Gasteiger partial charge on any atom is -0.298 e. The third-order valence-electron chi connectivity index (χ3n) is 1.54. The zero-order valence-corrected chi connectivity index (χ0v) is 6.93. The van der Waals surface area contributed by atoms with Crippen molar-refractivity contribution in [1.82, 2.24) is 4.98 Å². The Morgan fingerprint density at radius 3 is 2.91 bits per heavy atom. The molecule has 0 N–H and O–H groups in total. The summed E-state index contributed by atoms with van der Waals surface area (Å²) in [6, 6.07) is 1.75. The molecule has 58 valence electrons. The highest BCUT2D eigenvalue weighted by molar-refractivity contribution is 6.17. The van der Waals surface area contributed by atoms with Crippen molar-refractivity contribution in [3.05, 3.63) is 29.1 Å². The standard InChI is InChI=1S/C8H8ClNO/c1-6-8(5-11)7(4-9)2-3-10-6/h2-3,5H,4H2,1H3. The Morgan fingerprint density at radius 1 is 1.73 bits per heavy atom. The minimum absolute atomic E-state index is 0.359. The average Bonchev–Trinajstić information content (AvgIpc) is 2.04. The number of hydrogen-bond acceptors (Lipinski definition) is 2. The Labute approximate surface area is 70.2 Å². The second kappa shape index (κ2) is 3.49. The van der Waals surface area contributed by atoms with E-state index in [4.69, 9.17) is 11.6 Å². The van der Waals surface area contributed by atoms with Gasteiger partial charge in [0.1, 0.15) is 0 Å². The summed E-state index contributed by atoms with van der Waals surface area (Å²) in [5.74, 6) is 0.359. The van der Waals surface area contributed by atoms with E-state index >= 15 is 0 Å². The molecule has 0 aliphatic carbocycles. The van der Waals surface area contributed by atoms with Gasteiger partial charge >= 0.3 is 0 Å². The molecule has 0 saturated carbocycles. The first-order chi connectivity index (χ1) is 5.29. The van der Waals surface area contributed by atoms with Crippen molar-refractivity contribution in [2.24, 2.45) is 0 Å². The van der Waals surface area contributed by atoms with Gasteiger partial charge in [-0.2, -0.15) is 0 Å². The molecule has 2 nitrogen and oxygen atoms in total. The van der Waals surface area contributed by atoms with E-state index in [-0.39, 0.29) is 0 Å². The van der Waals surface area contributed by atoms with Crippen LogP contribution in [0.5, 0.6) is 0 Å². The van der Waals surface area contributed by atoms with Crippen molar-refractivity contribution in [2.45, 2.75) is 12.8 Å². The number of halogens is 1. The van der Waals surface area contributed by atoms with Crippen LogP contribution in [0.4, 0.5) is 0 Å². The summed E-state index contributed by atoms with van der Waals surface area (Å²) in [4.78, 5) is 14.5. The minimum atomic E-state index is 0.359. The molecule has 0 aromatic carbocycles. The normalized spacial score (nSPS) is 9.64. The number of nitrogens with zero attached hydrogens (tertiary/aromatic N) is 1. The maximum Gasteiger partial charge on any atom is 0.152 e. The number of carbonyl (C=O) groups is 1. The predicted octanol–water partition coefficient (Wildman–Crippen LogP) is 1.94. The van der Waals surface area contributed by atoms with Gasteiger partial charge in [-0.25, -0.2) is 0 Å². The monoisotopic (exact) mass is 169 g/mol. The number of aryl methyl sites for hydroxylation is 1. The summed E-state index contributed by atoms with van der Waals surface area (Å²) in [7, 11) is 0. The van der Waals surface area contributed by atoms with Crippen LogP contribution in [0.25, 0.3) is 0 Å². The topological polar surface area (TPSA) is 30.0 Å². The lowest BCUT2D eigenvalue weighted by Gasteiger charge is -2.01. The molecule has 0 fully saturated rings. The van der Waals surface area contributed by atoms with Gasteiger partial charge in [0, 0.05) is 23.3 Å². The summed E-state index contributed by atoms with van der Waals surface area (Å²) in [5.41, 5.74) is 2.19. The first-order valence-corrected chi connectivity index (χ1v) is 3.78. The molecule has 1 heterocycles. The van der Waals surface area contributed by atoms with Crippen molar-refractivity contribution in [1.29, 1.82) is 0 Å². The molecular weight excluding hydrogens is 162 g/mol. The summed E-state index contributed by atoms with van der Waals surface area (Å²) in [5, 5.41) is 0. The molecule has 11 heavy (non-hydrogen) atoms. The Balaban J connectivity index is 3.24. The van der Waals surface area contributed by atoms with Gasteiger partial charge in [-0.3, -0.25) is 9.78 Å². The van der Waals surface area contributed by atoms with Crippen LogP contribution in [0.3, 0.4) is 0 Å². The van der Waals surface area contributed by atoms with E-state index in [1.807, 2.05) is 0 Å². The second-order valence-corrected chi connectivity index (χ2v) is 2.49. The molecule has 1 rings (SSSR count). The van der Waals surface area contributed by atoms with Crippen LogP contribution in [-0.4, -0.2) is 11.3 Å². The molecule has 0 atom stereocenters. The first kappa shape index (κ1) is 8.21. The highest BCUT2D eigenvalue weighted by atomic mass is 35.5. The lowest BCUT2D eigenvalue weighted by atomic mass is 10.1. The van der Waals surface area contributed by atoms with Crippen molar-refractivity contribution < 1.29 is 4.79 Å². The van der Waals surface area contributed by atoms with Gasteiger partial charge in [0.25, 0.3) is 0 Å². The summed E-state index contributed by atoms with van der Waals surface area (Å²) < 4.78 is 0. The summed E-state index contributed by atoms with van der Waals surface area (Å²) in [6.45, 7) is 1.79. The maximum atomic E-state index is 10.5. The van der Waals surface area contributed by atoms with Crippen LogP contribution in [0.15, 0.2) is 12.3 Å². The van der Waals surface area contributed by atoms with Crippen LogP contribution in [0.1, 0.15) is 21.6 Å². The van der Waals surface area contributed by atoms with Crippen molar-refractivity contribution >= 4 is 17.9 Å². The maximum absolute atomic E-state index is 10.5. The van der Waals surface area contributed by atoms with Gasteiger partial charge in [0.15, 0.2) is 6.29 Å². The zero-order chi connectivity index (χ0) is 8.27. The van der Waals surface area contributed by atoms with Crippen LogP contribution in [0, 0.1) is 6.92 Å². The SMILES string of the molecule is Cc1nccc(CCl)c1C=O. The third-order valence-corrected chi connectivity index (χ3v) is 1.83. The number of aldehydes is 1. The number of rotatable bonds is 2. The van der Waals surface area contributed by atoms with Gasteiger partial charge in [-0.1, -0.05) is 0 Å². The van der Waals surface area contributed by atoms with Crippen LogP contribution in [0.2, 0.25) is 0 Å². The molecule has 0 radical (unpaired) electrons. The molecule has 0 spiro atoms. The van der Waals surface area contributed by atoms with E-state index in [9.17, 15) is 4.79 Å². The average molecular weight is 170 g/mol. The highest BCUT2D eigenvalue weighted by Gasteiger charge is 2.02. The third kappa shape index (κ3) is 1.57. The number of hydrogen-bond donors (Lipinski definition) is 0. The molecule has 0 bridgehead atoms. The summed E-state index contributed by atoms with van der Waals surface area (Å²) >= 11 is 5.60. The molecule has 0 amide bonds. The number of alkyl halides is 1. The fourth-order valence-electron chi connectivity index (χ4n) is 0.908. The van der Waals surface area contributed by atoms with E-state index < -0.39 is 0 Å². The van der Waals surface area contributed by atoms with Gasteiger partial charge in [-0.05, 0) is 18.6 Å². The Bertz CT molecular complexity index is 273. The molecule has 1 aromatic heterocycles. The van der Waals surface area contributed by atoms with Crippen LogP contribution in [-0.2, 0) is 5.88 Å². The van der Waals surface area contributed by atoms with Gasteiger partial charge in [-0.15, -0.1) is 11.6 Å². The predicted molar refractivity (Wildman–Crippen MR) is 43.9 cm³/mol.